The van der Waals surface area contributed by atoms with Gasteiger partial charge >= 0.3 is 11.9 Å². The minimum absolute atomic E-state index is 0.227. The Morgan fingerprint density at radius 1 is 0.913 bits per heavy atom. The van der Waals surface area contributed by atoms with Crippen molar-refractivity contribution in [1.82, 2.24) is 0 Å². The number of hydrogen-bond acceptors (Lipinski definition) is 3. The Hall–Kier alpha value is -1.64. The van der Waals surface area contributed by atoms with Gasteiger partial charge in [0, 0.05) is 0 Å². The highest BCUT2D eigenvalue weighted by molar-refractivity contribution is 5.97. The van der Waals surface area contributed by atoms with Gasteiger partial charge in [-0.15, -0.1) is 0 Å². The summed E-state index contributed by atoms with van der Waals surface area (Å²) in [5, 5.41) is 0. The predicted molar refractivity (Wildman–Crippen MR) is 93.3 cm³/mol. The number of hydrogen-bond donors (Lipinski definition) is 0. The molecule has 128 valence electrons. The lowest BCUT2D eigenvalue weighted by molar-refractivity contribution is -0.142. The van der Waals surface area contributed by atoms with Crippen LogP contribution in [0.3, 0.4) is 0 Å². The second-order valence-electron chi connectivity index (χ2n) is 6.86. The van der Waals surface area contributed by atoms with Crippen molar-refractivity contribution in [1.29, 1.82) is 0 Å². The first kappa shape index (κ1) is 19.4. The number of esters is 2. The third-order valence-corrected chi connectivity index (χ3v) is 4.05. The quantitative estimate of drug-likeness (QED) is 0.352. The molecule has 0 saturated carbocycles. The fourth-order valence-corrected chi connectivity index (χ4v) is 2.42. The third-order valence-electron chi connectivity index (χ3n) is 4.05. The molecule has 0 amide bonds. The van der Waals surface area contributed by atoms with E-state index in [-0.39, 0.29) is 5.92 Å². The summed E-state index contributed by atoms with van der Waals surface area (Å²) in [6.45, 7) is 8.26. The van der Waals surface area contributed by atoms with Crippen molar-refractivity contribution in [2.45, 2.75) is 66.2 Å². The van der Waals surface area contributed by atoms with Crippen LogP contribution in [0.15, 0.2) is 24.3 Å². The van der Waals surface area contributed by atoms with Crippen molar-refractivity contribution in [2.24, 2.45) is 11.8 Å². The normalized spacial score (nSPS) is 12.2. The first-order chi connectivity index (χ1) is 10.9. The van der Waals surface area contributed by atoms with Gasteiger partial charge in [-0.05, 0) is 31.4 Å². The van der Waals surface area contributed by atoms with E-state index in [2.05, 4.69) is 13.8 Å². The Bertz CT molecular complexity index is 488. The van der Waals surface area contributed by atoms with Crippen LogP contribution in [0.1, 0.15) is 75.2 Å². The Morgan fingerprint density at radius 3 is 2.04 bits per heavy atom. The fourth-order valence-electron chi connectivity index (χ4n) is 2.42. The summed E-state index contributed by atoms with van der Waals surface area (Å²) >= 11 is 0. The third kappa shape index (κ3) is 7.96. The van der Waals surface area contributed by atoms with Crippen molar-refractivity contribution in [2.75, 3.05) is 0 Å². The van der Waals surface area contributed by atoms with Crippen molar-refractivity contribution in [3.8, 4) is 0 Å². The molecule has 3 heteroatoms. The molecule has 1 atom stereocenters. The van der Waals surface area contributed by atoms with E-state index in [1.807, 2.05) is 26.0 Å². The monoisotopic (exact) mass is 318 g/mol. The zero-order chi connectivity index (χ0) is 17.2. The fraction of sp³-hybridized carbons (Fsp3) is 0.600. The van der Waals surface area contributed by atoms with E-state index >= 15 is 0 Å². The number of rotatable bonds is 9. The summed E-state index contributed by atoms with van der Waals surface area (Å²) in [6.07, 6.45) is 6.65. The molecule has 23 heavy (non-hydrogen) atoms. The molecule has 1 unspecified atom stereocenters. The van der Waals surface area contributed by atoms with Gasteiger partial charge in [0.2, 0.25) is 0 Å². The maximum Gasteiger partial charge on any atom is 0.345 e. The Labute approximate surface area is 140 Å². The first-order valence-corrected chi connectivity index (χ1v) is 8.73. The molecule has 0 N–H and O–H groups in total. The summed E-state index contributed by atoms with van der Waals surface area (Å²) in [4.78, 5) is 23.9. The van der Waals surface area contributed by atoms with Gasteiger partial charge in [-0.2, -0.15) is 0 Å². The van der Waals surface area contributed by atoms with Crippen molar-refractivity contribution < 1.29 is 14.3 Å². The van der Waals surface area contributed by atoms with E-state index in [1.165, 1.54) is 19.3 Å². The topological polar surface area (TPSA) is 43.4 Å². The largest absolute Gasteiger partial charge is 0.389 e. The van der Waals surface area contributed by atoms with E-state index in [1.54, 1.807) is 12.1 Å². The van der Waals surface area contributed by atoms with Crippen LogP contribution in [0.5, 0.6) is 0 Å². The summed E-state index contributed by atoms with van der Waals surface area (Å²) in [5.41, 5.74) is 1.49. The predicted octanol–water partition coefficient (Wildman–Crippen LogP) is 5.31. The van der Waals surface area contributed by atoms with Crippen LogP contribution >= 0.6 is 0 Å². The molecule has 0 bridgehead atoms. The average Bonchev–Trinajstić information content (AvgIpc) is 2.50. The number of benzene rings is 1. The molecule has 0 radical (unpaired) electrons. The first-order valence-electron chi connectivity index (χ1n) is 8.73. The smallest absolute Gasteiger partial charge is 0.345 e. The van der Waals surface area contributed by atoms with E-state index in [4.69, 9.17) is 4.74 Å². The summed E-state index contributed by atoms with van der Waals surface area (Å²) in [5.74, 6) is -0.442. The highest BCUT2D eigenvalue weighted by Gasteiger charge is 2.19. The number of ether oxygens (including phenoxy) is 1. The van der Waals surface area contributed by atoms with Crippen LogP contribution in [-0.2, 0) is 9.53 Å². The van der Waals surface area contributed by atoms with Crippen LogP contribution in [-0.4, -0.2) is 11.9 Å². The second-order valence-corrected chi connectivity index (χ2v) is 6.86. The van der Waals surface area contributed by atoms with Gasteiger partial charge in [0.15, 0.2) is 0 Å². The van der Waals surface area contributed by atoms with Gasteiger partial charge in [-0.3, -0.25) is 4.79 Å². The van der Waals surface area contributed by atoms with Gasteiger partial charge < -0.3 is 4.74 Å². The van der Waals surface area contributed by atoms with Gasteiger partial charge in [0.05, 0.1) is 11.5 Å². The van der Waals surface area contributed by atoms with Crippen LogP contribution < -0.4 is 0 Å². The molecule has 1 rings (SSSR count). The lowest BCUT2D eigenvalue weighted by Gasteiger charge is -2.10. The molecule has 0 fully saturated rings. The van der Waals surface area contributed by atoms with Crippen LogP contribution in [0, 0.1) is 18.8 Å². The maximum atomic E-state index is 12.0. The summed E-state index contributed by atoms with van der Waals surface area (Å²) in [7, 11) is 0. The molecule has 0 aliphatic heterocycles. The SMILES string of the molecule is Cc1ccc(C(=O)OC(=O)C(C)CCCCCCC(C)C)cc1. The van der Waals surface area contributed by atoms with Gasteiger partial charge in [0.1, 0.15) is 0 Å². The lowest BCUT2D eigenvalue weighted by atomic mass is 10.0. The Balaban J connectivity index is 2.25. The molecule has 0 spiro atoms. The van der Waals surface area contributed by atoms with Gasteiger partial charge in [0.25, 0.3) is 0 Å². The standard InChI is InChI=1S/C20H30O3/c1-15(2)9-7-5-6-8-10-17(4)19(21)23-20(22)18-13-11-16(3)12-14-18/h11-15,17H,5-10H2,1-4H3. The van der Waals surface area contributed by atoms with Crippen molar-refractivity contribution in [3.63, 3.8) is 0 Å². The van der Waals surface area contributed by atoms with E-state index in [0.717, 1.165) is 30.7 Å². The highest BCUT2D eigenvalue weighted by Crippen LogP contribution is 2.15. The minimum Gasteiger partial charge on any atom is -0.389 e. The van der Waals surface area contributed by atoms with Crippen molar-refractivity contribution in [3.05, 3.63) is 35.4 Å². The van der Waals surface area contributed by atoms with E-state index in [9.17, 15) is 9.59 Å². The van der Waals surface area contributed by atoms with E-state index < -0.39 is 11.9 Å². The zero-order valence-corrected chi connectivity index (χ0v) is 14.9. The van der Waals surface area contributed by atoms with E-state index in [0.29, 0.717) is 5.56 Å². The molecule has 3 nitrogen and oxygen atoms in total. The Morgan fingerprint density at radius 2 is 1.48 bits per heavy atom. The maximum absolute atomic E-state index is 12.0. The lowest BCUT2D eigenvalue weighted by Crippen LogP contribution is -2.19. The molecule has 0 heterocycles. The van der Waals surface area contributed by atoms with Crippen LogP contribution in [0.2, 0.25) is 0 Å². The average molecular weight is 318 g/mol. The molecule has 0 aromatic heterocycles. The number of unbranched alkanes of at least 4 members (excludes halogenated alkanes) is 3. The molecule has 1 aromatic carbocycles. The van der Waals surface area contributed by atoms with Crippen molar-refractivity contribution >= 4 is 11.9 Å². The summed E-state index contributed by atoms with van der Waals surface area (Å²) in [6, 6.07) is 7.04. The molecule has 0 aliphatic carbocycles. The van der Waals surface area contributed by atoms with Gasteiger partial charge in [-0.25, -0.2) is 4.79 Å². The number of carbonyl (C=O) groups is 2. The Kier molecular flexibility index (Phi) is 8.60. The number of aryl methyl sites for hydroxylation is 1. The molecular formula is C20H30O3. The number of carbonyl (C=O) groups excluding carboxylic acids is 2. The summed E-state index contributed by atoms with van der Waals surface area (Å²) < 4.78 is 4.97. The molecular weight excluding hydrogens is 288 g/mol. The molecule has 0 saturated heterocycles. The molecule has 0 aliphatic rings. The highest BCUT2D eigenvalue weighted by atomic mass is 16.6. The zero-order valence-electron chi connectivity index (χ0n) is 14.9. The minimum atomic E-state index is -0.557. The van der Waals surface area contributed by atoms with Crippen LogP contribution in [0.25, 0.3) is 0 Å². The van der Waals surface area contributed by atoms with Gasteiger partial charge in [-0.1, -0.05) is 70.6 Å². The van der Waals surface area contributed by atoms with Crippen LogP contribution in [0.4, 0.5) is 0 Å². The molecule has 1 aromatic rings. The second kappa shape index (κ2) is 10.2.